The van der Waals surface area contributed by atoms with Crippen LogP contribution in [-0.2, 0) is 12.1 Å². The fraction of sp³-hybridized carbons (Fsp3) is 0.500. The first-order valence-electron chi connectivity index (χ1n) is 8.04. The number of hydrogen-bond acceptors (Lipinski definition) is 2. The molecular weight excluding hydrogens is 260 g/mol. The molecule has 3 nitrogen and oxygen atoms in total. The Kier molecular flexibility index (Phi) is 4.11. The summed E-state index contributed by atoms with van der Waals surface area (Å²) in [6, 6.07) is 10.4. The molecule has 1 aromatic heterocycles. The van der Waals surface area contributed by atoms with Crippen LogP contribution in [0.4, 0.5) is 0 Å². The normalized spacial score (nSPS) is 25.9. The Morgan fingerprint density at radius 2 is 2.10 bits per heavy atom. The summed E-state index contributed by atoms with van der Waals surface area (Å²) in [7, 11) is 0. The molecule has 1 aliphatic rings. The molecule has 1 aliphatic carbocycles. The van der Waals surface area contributed by atoms with Crippen molar-refractivity contribution in [2.75, 3.05) is 0 Å². The molecule has 0 spiro atoms. The summed E-state index contributed by atoms with van der Waals surface area (Å²) in [6.45, 7) is 3.07. The Labute approximate surface area is 126 Å². The summed E-state index contributed by atoms with van der Waals surface area (Å²) in [5, 5.41) is 11.5. The highest BCUT2D eigenvalue weighted by Gasteiger charge is 2.44. The van der Waals surface area contributed by atoms with Gasteiger partial charge in [0.05, 0.1) is 0 Å². The lowest BCUT2D eigenvalue weighted by molar-refractivity contribution is -0.0331. The number of hydrogen-bond donors (Lipinski definition) is 1. The predicted molar refractivity (Wildman–Crippen MR) is 84.1 cm³/mol. The molecule has 2 aromatic rings. The van der Waals surface area contributed by atoms with E-state index in [9.17, 15) is 5.11 Å². The zero-order chi connectivity index (χ0) is 14.7. The third-order valence-electron chi connectivity index (χ3n) is 4.65. The van der Waals surface area contributed by atoms with Crippen LogP contribution in [0.1, 0.15) is 56.3 Å². The second-order valence-electron chi connectivity index (χ2n) is 6.08. The molecule has 1 aromatic carbocycles. The summed E-state index contributed by atoms with van der Waals surface area (Å²) in [6.07, 6.45) is 8.94. The van der Waals surface area contributed by atoms with Crippen LogP contribution in [0.3, 0.4) is 0 Å². The van der Waals surface area contributed by atoms with Crippen LogP contribution in [-0.4, -0.2) is 14.7 Å². The Bertz CT molecular complexity index is 578. The molecule has 0 aliphatic heterocycles. The lowest BCUT2D eigenvalue weighted by Gasteiger charge is -2.40. The molecule has 3 rings (SSSR count). The van der Waals surface area contributed by atoms with Crippen LogP contribution in [0.15, 0.2) is 42.7 Å². The van der Waals surface area contributed by atoms with Crippen LogP contribution >= 0.6 is 0 Å². The van der Waals surface area contributed by atoms with Gasteiger partial charge in [0.1, 0.15) is 11.4 Å². The number of aryl methyl sites for hydroxylation is 1. The fourth-order valence-electron chi connectivity index (χ4n) is 3.66. The molecule has 0 bridgehead atoms. The third kappa shape index (κ3) is 2.62. The van der Waals surface area contributed by atoms with Crippen molar-refractivity contribution in [3.05, 3.63) is 54.1 Å². The second kappa shape index (κ2) is 6.02. The van der Waals surface area contributed by atoms with Crippen LogP contribution in [0.5, 0.6) is 0 Å². The van der Waals surface area contributed by atoms with Gasteiger partial charge in [-0.15, -0.1) is 0 Å². The van der Waals surface area contributed by atoms with Crippen molar-refractivity contribution in [3.63, 3.8) is 0 Å². The van der Waals surface area contributed by atoms with Crippen molar-refractivity contribution in [2.24, 2.45) is 0 Å². The first-order chi connectivity index (χ1) is 10.3. The zero-order valence-electron chi connectivity index (χ0n) is 12.7. The number of nitrogens with zero attached hydrogens (tertiary/aromatic N) is 2. The number of aliphatic hydroxyl groups is 1. The van der Waals surface area contributed by atoms with Gasteiger partial charge in [-0.05, 0) is 24.8 Å². The quantitative estimate of drug-likeness (QED) is 0.926. The Hall–Kier alpha value is -1.61. The topological polar surface area (TPSA) is 38.0 Å². The van der Waals surface area contributed by atoms with Crippen LogP contribution in [0.25, 0.3) is 0 Å². The molecule has 0 amide bonds. The monoisotopic (exact) mass is 284 g/mol. The largest absolute Gasteiger partial charge is 0.381 e. The van der Waals surface area contributed by atoms with Gasteiger partial charge in [0.25, 0.3) is 0 Å². The average Bonchev–Trinajstić information content (AvgIpc) is 2.98. The first kappa shape index (κ1) is 14.3. The maximum absolute atomic E-state index is 11.5. The van der Waals surface area contributed by atoms with Crippen molar-refractivity contribution < 1.29 is 5.11 Å². The maximum Gasteiger partial charge on any atom is 0.141 e. The summed E-state index contributed by atoms with van der Waals surface area (Å²) < 4.78 is 2.13. The molecule has 1 fully saturated rings. The van der Waals surface area contributed by atoms with Crippen molar-refractivity contribution in [1.29, 1.82) is 0 Å². The van der Waals surface area contributed by atoms with E-state index in [0.717, 1.165) is 38.1 Å². The number of rotatable bonds is 4. The summed E-state index contributed by atoms with van der Waals surface area (Å²) in [5.41, 5.74) is 0.392. The standard InChI is InChI=1S/C18H24N2O/c1-2-13-20-14-12-19-17(20)18(21)11-7-6-10-16(18)15-8-4-3-5-9-15/h3-5,8-9,12,14,16,21H,2,6-7,10-11,13H2,1H3. The summed E-state index contributed by atoms with van der Waals surface area (Å²) in [4.78, 5) is 4.52. The highest BCUT2D eigenvalue weighted by molar-refractivity contribution is 5.26. The van der Waals surface area contributed by atoms with E-state index in [0.29, 0.717) is 0 Å². The Balaban J connectivity index is 2.01. The van der Waals surface area contributed by atoms with Crippen LogP contribution in [0.2, 0.25) is 0 Å². The summed E-state index contributed by atoms with van der Waals surface area (Å²) >= 11 is 0. The highest BCUT2D eigenvalue weighted by Crippen LogP contribution is 2.46. The molecule has 0 radical (unpaired) electrons. The van der Waals surface area contributed by atoms with Crippen molar-refractivity contribution >= 4 is 0 Å². The van der Waals surface area contributed by atoms with E-state index < -0.39 is 5.60 Å². The van der Waals surface area contributed by atoms with Crippen molar-refractivity contribution in [1.82, 2.24) is 9.55 Å². The number of imidazole rings is 1. The number of benzene rings is 1. The van der Waals surface area contributed by atoms with Gasteiger partial charge in [0.2, 0.25) is 0 Å². The molecule has 0 saturated heterocycles. The van der Waals surface area contributed by atoms with Gasteiger partial charge in [-0.25, -0.2) is 4.98 Å². The van der Waals surface area contributed by atoms with Crippen molar-refractivity contribution in [2.45, 2.75) is 57.1 Å². The van der Waals surface area contributed by atoms with Gasteiger partial charge in [0, 0.05) is 24.9 Å². The van der Waals surface area contributed by atoms with E-state index in [1.54, 1.807) is 0 Å². The fourth-order valence-corrected chi connectivity index (χ4v) is 3.66. The molecule has 21 heavy (non-hydrogen) atoms. The molecule has 1 heterocycles. The number of aromatic nitrogens is 2. The first-order valence-corrected chi connectivity index (χ1v) is 8.04. The highest BCUT2D eigenvalue weighted by atomic mass is 16.3. The lowest BCUT2D eigenvalue weighted by atomic mass is 9.71. The van der Waals surface area contributed by atoms with Gasteiger partial charge in [0.15, 0.2) is 0 Å². The van der Waals surface area contributed by atoms with Gasteiger partial charge in [-0.2, -0.15) is 0 Å². The lowest BCUT2D eigenvalue weighted by Crippen LogP contribution is -2.39. The van der Waals surface area contributed by atoms with E-state index in [1.807, 2.05) is 18.5 Å². The van der Waals surface area contributed by atoms with Gasteiger partial charge in [-0.3, -0.25) is 0 Å². The van der Waals surface area contributed by atoms with E-state index >= 15 is 0 Å². The third-order valence-corrected chi connectivity index (χ3v) is 4.65. The molecule has 112 valence electrons. The minimum Gasteiger partial charge on any atom is -0.381 e. The Morgan fingerprint density at radius 1 is 1.29 bits per heavy atom. The minimum absolute atomic E-state index is 0.144. The van der Waals surface area contributed by atoms with Gasteiger partial charge < -0.3 is 9.67 Å². The average molecular weight is 284 g/mol. The molecule has 2 atom stereocenters. The van der Waals surface area contributed by atoms with E-state index in [2.05, 4.69) is 40.7 Å². The second-order valence-corrected chi connectivity index (χ2v) is 6.08. The van der Waals surface area contributed by atoms with Crippen LogP contribution < -0.4 is 0 Å². The zero-order valence-corrected chi connectivity index (χ0v) is 12.7. The predicted octanol–water partition coefficient (Wildman–Crippen LogP) is 3.84. The molecule has 2 unspecified atom stereocenters. The smallest absolute Gasteiger partial charge is 0.141 e. The maximum atomic E-state index is 11.5. The SMILES string of the molecule is CCCn1ccnc1C1(O)CCCCC1c1ccccc1. The molecular formula is C18H24N2O. The Morgan fingerprint density at radius 3 is 2.86 bits per heavy atom. The van der Waals surface area contributed by atoms with Gasteiger partial charge >= 0.3 is 0 Å². The van der Waals surface area contributed by atoms with E-state index in [1.165, 1.54) is 12.0 Å². The van der Waals surface area contributed by atoms with E-state index in [4.69, 9.17) is 0 Å². The molecule has 3 heteroatoms. The minimum atomic E-state index is -0.835. The van der Waals surface area contributed by atoms with Crippen LogP contribution in [0, 0.1) is 0 Å². The molecule has 1 N–H and O–H groups in total. The van der Waals surface area contributed by atoms with E-state index in [-0.39, 0.29) is 5.92 Å². The molecule has 1 saturated carbocycles. The van der Waals surface area contributed by atoms with Gasteiger partial charge in [-0.1, -0.05) is 50.1 Å². The summed E-state index contributed by atoms with van der Waals surface area (Å²) in [5.74, 6) is 0.989. The van der Waals surface area contributed by atoms with Crippen molar-refractivity contribution in [3.8, 4) is 0 Å².